The number of carbonyl (C=O) groups excluding carboxylic acids is 3. The molecule has 0 spiro atoms. The second-order valence-corrected chi connectivity index (χ2v) is 6.91. The molecular formula is C17H29NO7. The van der Waals surface area contributed by atoms with Gasteiger partial charge in [-0.1, -0.05) is 0 Å². The fraction of sp³-hybridized carbons (Fsp3) is 0.824. The molecule has 1 heterocycles. The Balaban J connectivity index is 2.12. The highest BCUT2D eigenvalue weighted by atomic mass is 16.6. The smallest absolute Gasteiger partial charge is 0.410 e. The molecule has 1 rings (SSSR count). The molecule has 0 aromatic carbocycles. The van der Waals surface area contributed by atoms with Crippen molar-refractivity contribution in [1.29, 1.82) is 0 Å². The van der Waals surface area contributed by atoms with E-state index in [0.29, 0.717) is 25.9 Å². The maximum absolute atomic E-state index is 11.7. The average molecular weight is 359 g/mol. The maximum Gasteiger partial charge on any atom is 0.410 e. The number of amides is 1. The van der Waals surface area contributed by atoms with E-state index in [0.717, 1.165) is 0 Å². The number of nitrogens with zero attached hydrogens (tertiary/aromatic N) is 1. The summed E-state index contributed by atoms with van der Waals surface area (Å²) >= 11 is 0. The molecule has 1 atom stereocenters. The predicted octanol–water partition coefficient (Wildman–Crippen LogP) is 1.90. The summed E-state index contributed by atoms with van der Waals surface area (Å²) in [6.45, 7) is 6.30. The second-order valence-electron chi connectivity index (χ2n) is 6.91. The van der Waals surface area contributed by atoms with Crippen molar-refractivity contribution in [2.24, 2.45) is 0 Å². The van der Waals surface area contributed by atoms with Crippen LogP contribution in [0.15, 0.2) is 0 Å². The minimum absolute atomic E-state index is 0.0717. The van der Waals surface area contributed by atoms with Gasteiger partial charge in [0.05, 0.1) is 32.3 Å². The molecule has 0 bridgehead atoms. The fourth-order valence-electron chi connectivity index (χ4n) is 2.07. The minimum Gasteiger partial charge on any atom is -0.466 e. The quantitative estimate of drug-likeness (QED) is 0.506. The lowest BCUT2D eigenvalue weighted by Gasteiger charge is -2.24. The lowest BCUT2D eigenvalue weighted by Crippen LogP contribution is -2.36. The summed E-state index contributed by atoms with van der Waals surface area (Å²) in [4.78, 5) is 35.9. The van der Waals surface area contributed by atoms with Crippen molar-refractivity contribution in [3.8, 4) is 0 Å². The van der Waals surface area contributed by atoms with Crippen molar-refractivity contribution in [2.75, 3.05) is 33.4 Å². The standard InChI is InChI=1S/C17H29NO7/c1-17(2,3)25-16(21)18(4)9-12-24-15(20)8-11-22-13-5-6-14(19)23-10-7-13/h13H,5-12H2,1-4H3. The summed E-state index contributed by atoms with van der Waals surface area (Å²) in [5.74, 6) is -0.599. The van der Waals surface area contributed by atoms with E-state index in [4.69, 9.17) is 18.9 Å². The third-order valence-electron chi connectivity index (χ3n) is 3.43. The van der Waals surface area contributed by atoms with Gasteiger partial charge in [-0.05, 0) is 27.2 Å². The number of likely N-dealkylation sites (N-methyl/N-ethyl adjacent to an activating group) is 1. The van der Waals surface area contributed by atoms with Gasteiger partial charge in [-0.2, -0.15) is 0 Å². The Morgan fingerprint density at radius 1 is 1.24 bits per heavy atom. The zero-order chi connectivity index (χ0) is 18.9. The third kappa shape index (κ3) is 9.91. The van der Waals surface area contributed by atoms with Crippen LogP contribution in [0.3, 0.4) is 0 Å². The molecular weight excluding hydrogens is 330 g/mol. The van der Waals surface area contributed by atoms with Crippen LogP contribution < -0.4 is 0 Å². The minimum atomic E-state index is -0.562. The molecule has 0 aromatic heterocycles. The molecule has 8 heteroatoms. The van der Waals surface area contributed by atoms with Crippen molar-refractivity contribution in [2.45, 2.75) is 58.2 Å². The van der Waals surface area contributed by atoms with Crippen LogP contribution in [-0.2, 0) is 28.5 Å². The van der Waals surface area contributed by atoms with Gasteiger partial charge in [0.2, 0.25) is 0 Å². The highest BCUT2D eigenvalue weighted by Crippen LogP contribution is 2.13. The van der Waals surface area contributed by atoms with Gasteiger partial charge in [-0.3, -0.25) is 9.59 Å². The van der Waals surface area contributed by atoms with Crippen molar-refractivity contribution in [3.63, 3.8) is 0 Å². The van der Waals surface area contributed by atoms with Crippen LogP contribution in [0.5, 0.6) is 0 Å². The predicted molar refractivity (Wildman–Crippen MR) is 89.0 cm³/mol. The molecule has 1 saturated heterocycles. The Labute approximate surface area is 148 Å². The molecule has 1 aliphatic rings. The first-order valence-corrected chi connectivity index (χ1v) is 8.54. The van der Waals surface area contributed by atoms with E-state index in [-0.39, 0.29) is 38.3 Å². The zero-order valence-corrected chi connectivity index (χ0v) is 15.5. The summed E-state index contributed by atoms with van der Waals surface area (Å²) in [5, 5.41) is 0. The van der Waals surface area contributed by atoms with E-state index >= 15 is 0 Å². The first-order chi connectivity index (χ1) is 11.7. The van der Waals surface area contributed by atoms with Crippen LogP contribution >= 0.6 is 0 Å². The summed E-state index contributed by atoms with van der Waals surface area (Å²) < 4.78 is 20.8. The Morgan fingerprint density at radius 2 is 1.96 bits per heavy atom. The van der Waals surface area contributed by atoms with Gasteiger partial charge in [0.15, 0.2) is 0 Å². The molecule has 1 aliphatic heterocycles. The average Bonchev–Trinajstić information content (AvgIpc) is 2.70. The Kier molecular flexibility index (Phi) is 8.68. The number of carbonyl (C=O) groups is 3. The Bertz CT molecular complexity index is 458. The molecule has 0 saturated carbocycles. The van der Waals surface area contributed by atoms with Gasteiger partial charge >= 0.3 is 18.0 Å². The summed E-state index contributed by atoms with van der Waals surface area (Å²) in [6.07, 6.45) is 1.18. The van der Waals surface area contributed by atoms with Gasteiger partial charge in [0.1, 0.15) is 12.2 Å². The van der Waals surface area contributed by atoms with Crippen molar-refractivity contribution in [3.05, 3.63) is 0 Å². The largest absolute Gasteiger partial charge is 0.466 e. The van der Waals surface area contributed by atoms with Crippen LogP contribution in [0.4, 0.5) is 4.79 Å². The monoisotopic (exact) mass is 359 g/mol. The fourth-order valence-corrected chi connectivity index (χ4v) is 2.07. The molecule has 25 heavy (non-hydrogen) atoms. The summed E-state index contributed by atoms with van der Waals surface area (Å²) in [7, 11) is 1.58. The van der Waals surface area contributed by atoms with Gasteiger partial charge in [0, 0.05) is 19.9 Å². The topological polar surface area (TPSA) is 91.4 Å². The molecule has 1 unspecified atom stereocenters. The van der Waals surface area contributed by atoms with Crippen LogP contribution in [0, 0.1) is 0 Å². The molecule has 1 fully saturated rings. The van der Waals surface area contributed by atoms with Crippen LogP contribution in [0.25, 0.3) is 0 Å². The summed E-state index contributed by atoms with van der Waals surface area (Å²) in [5.41, 5.74) is -0.562. The highest BCUT2D eigenvalue weighted by Gasteiger charge is 2.20. The molecule has 0 aromatic rings. The summed E-state index contributed by atoms with van der Waals surface area (Å²) in [6, 6.07) is 0. The van der Waals surface area contributed by atoms with Crippen molar-refractivity contribution in [1.82, 2.24) is 4.90 Å². The van der Waals surface area contributed by atoms with Crippen molar-refractivity contribution >= 4 is 18.0 Å². The number of esters is 2. The van der Waals surface area contributed by atoms with Gasteiger partial charge in [0.25, 0.3) is 0 Å². The van der Waals surface area contributed by atoms with E-state index in [1.54, 1.807) is 27.8 Å². The van der Waals surface area contributed by atoms with Gasteiger partial charge in [-0.25, -0.2) is 4.79 Å². The second kappa shape index (κ2) is 10.2. The number of cyclic esters (lactones) is 1. The lowest BCUT2D eigenvalue weighted by atomic mass is 10.1. The SMILES string of the molecule is CN(CCOC(=O)CCOC1CCOC(=O)CC1)C(=O)OC(C)(C)C. The number of ether oxygens (including phenoxy) is 4. The van der Waals surface area contributed by atoms with Crippen LogP contribution in [0.1, 0.15) is 46.5 Å². The number of rotatable bonds is 7. The molecule has 1 amide bonds. The Morgan fingerprint density at radius 3 is 2.64 bits per heavy atom. The van der Waals surface area contributed by atoms with Gasteiger partial charge < -0.3 is 23.8 Å². The normalized spacial score (nSPS) is 18.1. The van der Waals surface area contributed by atoms with Gasteiger partial charge in [-0.15, -0.1) is 0 Å². The van der Waals surface area contributed by atoms with Crippen LogP contribution in [-0.4, -0.2) is 68.0 Å². The van der Waals surface area contributed by atoms with E-state index in [1.807, 2.05) is 0 Å². The molecule has 0 N–H and O–H groups in total. The van der Waals surface area contributed by atoms with E-state index < -0.39 is 17.7 Å². The molecule has 0 aliphatic carbocycles. The zero-order valence-electron chi connectivity index (χ0n) is 15.5. The molecule has 8 nitrogen and oxygen atoms in total. The van der Waals surface area contributed by atoms with Crippen molar-refractivity contribution < 1.29 is 33.3 Å². The number of hydrogen-bond donors (Lipinski definition) is 0. The maximum atomic E-state index is 11.7. The first kappa shape index (κ1) is 21.2. The van der Waals surface area contributed by atoms with Crippen LogP contribution in [0.2, 0.25) is 0 Å². The first-order valence-electron chi connectivity index (χ1n) is 8.54. The Hall–Kier alpha value is -1.83. The van der Waals surface area contributed by atoms with E-state index in [2.05, 4.69) is 0 Å². The highest BCUT2D eigenvalue weighted by molar-refractivity contribution is 5.70. The number of hydrogen-bond acceptors (Lipinski definition) is 7. The lowest BCUT2D eigenvalue weighted by molar-refractivity contribution is -0.146. The molecule has 144 valence electrons. The van der Waals surface area contributed by atoms with E-state index in [1.165, 1.54) is 4.90 Å². The molecule has 0 radical (unpaired) electrons. The van der Waals surface area contributed by atoms with E-state index in [9.17, 15) is 14.4 Å². The third-order valence-corrected chi connectivity index (χ3v) is 3.43.